The van der Waals surface area contributed by atoms with Crippen LogP contribution in [0.5, 0.6) is 0 Å². The van der Waals surface area contributed by atoms with E-state index in [0.717, 1.165) is 25.7 Å². The number of aliphatic hydroxyl groups excluding tert-OH is 2. The molecule has 216 valence electrons. The van der Waals surface area contributed by atoms with Gasteiger partial charge in [-0.05, 0) is 75.4 Å². The Balaban J connectivity index is 1.80. The van der Waals surface area contributed by atoms with E-state index >= 15 is 0 Å². The minimum atomic E-state index is -0.225. The summed E-state index contributed by atoms with van der Waals surface area (Å²) in [6.07, 6.45) is 36.1. The van der Waals surface area contributed by atoms with E-state index in [1.165, 1.54) is 33.4 Å². The Labute approximate surface area is 244 Å². The number of allylic oxidation sites excluding steroid dienone is 20. The van der Waals surface area contributed by atoms with Crippen molar-refractivity contribution in [1.29, 1.82) is 0 Å². The van der Waals surface area contributed by atoms with Crippen LogP contribution in [-0.4, -0.2) is 22.4 Å². The van der Waals surface area contributed by atoms with E-state index in [-0.39, 0.29) is 23.0 Å². The van der Waals surface area contributed by atoms with E-state index in [0.29, 0.717) is 0 Å². The number of hydrogen-bond acceptors (Lipinski definition) is 2. The summed E-state index contributed by atoms with van der Waals surface area (Å²) in [5.74, 6) is 0. The molecule has 2 aliphatic carbocycles. The average molecular weight is 541 g/mol. The third-order valence-corrected chi connectivity index (χ3v) is 7.70. The molecule has 0 saturated heterocycles. The van der Waals surface area contributed by atoms with Crippen LogP contribution in [-0.2, 0) is 0 Å². The van der Waals surface area contributed by atoms with Gasteiger partial charge in [0.1, 0.15) is 0 Å². The van der Waals surface area contributed by atoms with Crippen molar-refractivity contribution >= 4 is 0 Å². The first-order chi connectivity index (χ1) is 18.8. The molecule has 2 aliphatic rings. The summed E-state index contributed by atoms with van der Waals surface area (Å²) in [5.41, 5.74) is 7.67. The Hall–Kier alpha value is -2.94. The Bertz CT molecular complexity index is 1200. The van der Waals surface area contributed by atoms with Gasteiger partial charge in [0.15, 0.2) is 0 Å². The molecule has 0 fully saturated rings. The highest BCUT2D eigenvalue weighted by molar-refractivity contribution is 5.38. The zero-order valence-corrected chi connectivity index (χ0v) is 26.1. The van der Waals surface area contributed by atoms with Crippen LogP contribution in [0.3, 0.4) is 0 Å². The fourth-order valence-corrected chi connectivity index (χ4v) is 5.85. The molecule has 0 spiro atoms. The zero-order chi connectivity index (χ0) is 29.8. The van der Waals surface area contributed by atoms with Gasteiger partial charge in [-0.15, -0.1) is 0 Å². The Morgan fingerprint density at radius 3 is 1.48 bits per heavy atom. The van der Waals surface area contributed by atoms with Gasteiger partial charge in [0.25, 0.3) is 0 Å². The zero-order valence-electron chi connectivity index (χ0n) is 26.1. The summed E-state index contributed by atoms with van der Waals surface area (Å²) in [6.45, 7) is 17.3. The first kappa shape index (κ1) is 33.3. The molecule has 0 unspecified atom stereocenters. The van der Waals surface area contributed by atoms with Gasteiger partial charge < -0.3 is 10.2 Å². The van der Waals surface area contributed by atoms with Gasteiger partial charge in [-0.25, -0.2) is 0 Å². The van der Waals surface area contributed by atoms with E-state index in [2.05, 4.69) is 104 Å². The van der Waals surface area contributed by atoms with Crippen molar-refractivity contribution in [3.63, 3.8) is 0 Å². The molecule has 0 bridgehead atoms. The maximum Gasteiger partial charge on any atom is 0.0585 e. The van der Waals surface area contributed by atoms with Gasteiger partial charge in [-0.2, -0.15) is 0 Å². The normalized spacial score (nSPS) is 25.1. The third kappa shape index (κ3) is 11.3. The van der Waals surface area contributed by atoms with Crippen molar-refractivity contribution in [2.24, 2.45) is 10.8 Å². The minimum absolute atomic E-state index is 0.00815. The first-order valence-electron chi connectivity index (χ1n) is 14.6. The smallest absolute Gasteiger partial charge is 0.0585 e. The molecule has 0 amide bonds. The van der Waals surface area contributed by atoms with Crippen LogP contribution in [0.25, 0.3) is 0 Å². The van der Waals surface area contributed by atoms with Crippen LogP contribution in [0.15, 0.2) is 131 Å². The summed E-state index contributed by atoms with van der Waals surface area (Å²) in [7, 11) is 0. The fourth-order valence-electron chi connectivity index (χ4n) is 5.85. The fraction of sp³-hybridized carbons (Fsp3) is 0.421. The monoisotopic (exact) mass is 540 g/mol. The van der Waals surface area contributed by atoms with Crippen LogP contribution >= 0.6 is 0 Å². The quantitative estimate of drug-likeness (QED) is 0.271. The molecule has 0 aromatic rings. The summed E-state index contributed by atoms with van der Waals surface area (Å²) in [5, 5.41) is 20.1. The van der Waals surface area contributed by atoms with Gasteiger partial charge in [-0.3, -0.25) is 0 Å². The van der Waals surface area contributed by atoms with Crippen molar-refractivity contribution in [1.82, 2.24) is 0 Å². The molecule has 0 aromatic heterocycles. The van der Waals surface area contributed by atoms with E-state index < -0.39 is 0 Å². The van der Waals surface area contributed by atoms with Crippen molar-refractivity contribution < 1.29 is 10.2 Å². The minimum Gasteiger partial charge on any atom is -0.393 e. The standard InChI is InChI=1S/C38H52O2/c1-29(20-18-21-30(2)23-24-36-32(4)26-34(40)28-38(36,7)8)19-16-14-12-10-9-11-13-15-17-22-35-31(3)25-33(39)27-37(35,5)6/h9-24,33-34,39-40H,25-28H2,1-8H3/b11-9+,12-10+,15-13+,16-14+,20-18+,22-17+,24-23+,29-19+,30-21+/t33-,34-/m1/s1. The summed E-state index contributed by atoms with van der Waals surface area (Å²) < 4.78 is 0. The van der Waals surface area contributed by atoms with Gasteiger partial charge >= 0.3 is 0 Å². The lowest BCUT2D eigenvalue weighted by Crippen LogP contribution is -2.28. The Kier molecular flexibility index (Phi) is 13.1. The van der Waals surface area contributed by atoms with E-state index in [1.807, 2.05) is 48.6 Å². The van der Waals surface area contributed by atoms with Crippen LogP contribution in [0.1, 0.15) is 81.1 Å². The predicted octanol–water partition coefficient (Wildman–Crippen LogP) is 9.77. The largest absolute Gasteiger partial charge is 0.393 e. The topological polar surface area (TPSA) is 40.5 Å². The van der Waals surface area contributed by atoms with Crippen molar-refractivity contribution in [2.45, 2.75) is 93.3 Å². The highest BCUT2D eigenvalue weighted by Crippen LogP contribution is 2.42. The third-order valence-electron chi connectivity index (χ3n) is 7.70. The second-order valence-electron chi connectivity index (χ2n) is 12.7. The molecule has 0 aliphatic heterocycles. The van der Waals surface area contributed by atoms with Crippen LogP contribution in [0.2, 0.25) is 0 Å². The SMILES string of the molecule is CC1=C(/C=C/C=C/C=C/C=C/C=C/C=C(C)/C=C/C=C(C)/C=C/C2=C(C)C[C@@H](O)CC2(C)C)C(C)(C)C[C@H](O)C1. The van der Waals surface area contributed by atoms with Crippen molar-refractivity contribution in [3.05, 3.63) is 131 Å². The molecule has 2 heteroatoms. The molecule has 0 radical (unpaired) electrons. The van der Waals surface area contributed by atoms with Crippen LogP contribution < -0.4 is 0 Å². The summed E-state index contributed by atoms with van der Waals surface area (Å²) >= 11 is 0. The maximum atomic E-state index is 10.1. The van der Waals surface area contributed by atoms with Gasteiger partial charge in [0.2, 0.25) is 0 Å². The molecular formula is C38H52O2. The molecule has 2 N–H and O–H groups in total. The Morgan fingerprint density at radius 1 is 0.575 bits per heavy atom. The number of hydrogen-bond donors (Lipinski definition) is 2. The number of rotatable bonds is 10. The maximum absolute atomic E-state index is 10.1. The highest BCUT2D eigenvalue weighted by atomic mass is 16.3. The molecule has 0 heterocycles. The molecule has 2 nitrogen and oxygen atoms in total. The molecule has 2 atom stereocenters. The van der Waals surface area contributed by atoms with Crippen molar-refractivity contribution in [3.8, 4) is 0 Å². The van der Waals surface area contributed by atoms with Gasteiger partial charge in [-0.1, -0.05) is 147 Å². The predicted molar refractivity (Wildman–Crippen MR) is 175 cm³/mol. The van der Waals surface area contributed by atoms with Gasteiger partial charge in [0.05, 0.1) is 12.2 Å². The molecule has 0 aromatic carbocycles. The lowest BCUT2D eigenvalue weighted by Gasteiger charge is -2.35. The van der Waals surface area contributed by atoms with E-state index in [9.17, 15) is 10.2 Å². The highest BCUT2D eigenvalue weighted by Gasteiger charge is 2.32. The summed E-state index contributed by atoms with van der Waals surface area (Å²) in [4.78, 5) is 0. The average Bonchev–Trinajstić information content (AvgIpc) is 2.82. The molecule has 2 rings (SSSR count). The summed E-state index contributed by atoms with van der Waals surface area (Å²) in [6, 6.07) is 0. The Morgan fingerprint density at radius 2 is 0.975 bits per heavy atom. The lowest BCUT2D eigenvalue weighted by atomic mass is 9.71. The van der Waals surface area contributed by atoms with Gasteiger partial charge in [0, 0.05) is 0 Å². The van der Waals surface area contributed by atoms with Crippen molar-refractivity contribution in [2.75, 3.05) is 0 Å². The van der Waals surface area contributed by atoms with Crippen LogP contribution in [0, 0.1) is 10.8 Å². The lowest BCUT2D eigenvalue weighted by molar-refractivity contribution is 0.116. The molecule has 0 saturated carbocycles. The number of aliphatic hydroxyl groups is 2. The van der Waals surface area contributed by atoms with E-state index in [4.69, 9.17) is 0 Å². The second kappa shape index (κ2) is 15.7. The molecule has 40 heavy (non-hydrogen) atoms. The molecular weight excluding hydrogens is 488 g/mol. The first-order valence-corrected chi connectivity index (χ1v) is 14.6. The van der Waals surface area contributed by atoms with Crippen LogP contribution in [0.4, 0.5) is 0 Å². The van der Waals surface area contributed by atoms with E-state index in [1.54, 1.807) is 0 Å². The second-order valence-corrected chi connectivity index (χ2v) is 12.7.